The number of nitro benzene ring substituents is 1. The van der Waals surface area contributed by atoms with Crippen molar-refractivity contribution >= 4 is 17.5 Å². The van der Waals surface area contributed by atoms with E-state index < -0.39 is 16.6 Å². The van der Waals surface area contributed by atoms with Gasteiger partial charge in [-0.05, 0) is 61.9 Å². The molecule has 2 aliphatic rings. The summed E-state index contributed by atoms with van der Waals surface area (Å²) >= 11 is 0. The molecule has 0 radical (unpaired) electrons. The molecule has 1 spiro atoms. The summed E-state index contributed by atoms with van der Waals surface area (Å²) in [6.45, 7) is 2.42. The Labute approximate surface area is 213 Å². The van der Waals surface area contributed by atoms with Gasteiger partial charge in [0.2, 0.25) is 0 Å². The number of carbonyl (C=O) groups excluding carboxylic acids is 2. The average molecular weight is 504 g/mol. The van der Waals surface area contributed by atoms with Gasteiger partial charge in [-0.1, -0.05) is 30.3 Å². The van der Waals surface area contributed by atoms with Crippen LogP contribution in [0.3, 0.4) is 0 Å². The number of rotatable bonds is 6. The highest BCUT2D eigenvalue weighted by Gasteiger charge is 2.56. The van der Waals surface area contributed by atoms with Crippen LogP contribution in [0.5, 0.6) is 11.5 Å². The Morgan fingerprint density at radius 2 is 1.73 bits per heavy atom. The van der Waals surface area contributed by atoms with Crippen LogP contribution >= 0.6 is 0 Å². The first-order chi connectivity index (χ1) is 17.8. The van der Waals surface area contributed by atoms with Crippen molar-refractivity contribution in [3.8, 4) is 11.5 Å². The standard InChI is InChI=1S/C28H26FN3O5/c1-18-22(32(35)36)12-11-21(29)25(18)26(33)30-24-17-28(24)13-15-31(16-14-28)27(34)20-9-5-6-10-23(20)37-19-7-3-2-4-8-19/h2-12,24H,13-17H2,1H3,(H,30,33). The Kier molecular flexibility index (Phi) is 6.37. The highest BCUT2D eigenvalue weighted by atomic mass is 19.1. The zero-order valence-electron chi connectivity index (χ0n) is 20.3. The van der Waals surface area contributed by atoms with Gasteiger partial charge in [0, 0.05) is 30.8 Å². The molecule has 2 fully saturated rings. The third-order valence-corrected chi connectivity index (χ3v) is 7.44. The van der Waals surface area contributed by atoms with E-state index in [1.54, 1.807) is 23.1 Å². The molecule has 0 bridgehead atoms. The zero-order chi connectivity index (χ0) is 26.2. The second-order valence-corrected chi connectivity index (χ2v) is 9.62. The number of ether oxygens (including phenoxy) is 1. The molecule has 190 valence electrons. The van der Waals surface area contributed by atoms with Crippen LogP contribution in [0.15, 0.2) is 66.7 Å². The molecule has 1 atom stereocenters. The van der Waals surface area contributed by atoms with Crippen LogP contribution in [-0.2, 0) is 0 Å². The molecule has 1 saturated heterocycles. The van der Waals surface area contributed by atoms with E-state index in [2.05, 4.69) is 5.32 Å². The van der Waals surface area contributed by atoms with Gasteiger partial charge < -0.3 is 15.0 Å². The summed E-state index contributed by atoms with van der Waals surface area (Å²) in [5.74, 6) is -0.410. The van der Waals surface area contributed by atoms with Crippen molar-refractivity contribution in [2.45, 2.75) is 32.2 Å². The topological polar surface area (TPSA) is 102 Å². The maximum Gasteiger partial charge on any atom is 0.273 e. The number of nitrogens with zero attached hydrogens (tertiary/aromatic N) is 2. The quantitative estimate of drug-likeness (QED) is 0.365. The molecule has 8 nitrogen and oxygen atoms in total. The van der Waals surface area contributed by atoms with Crippen LogP contribution in [0.4, 0.5) is 10.1 Å². The first-order valence-electron chi connectivity index (χ1n) is 12.1. The average Bonchev–Trinajstić information content (AvgIpc) is 3.55. The maximum atomic E-state index is 14.4. The Hall–Kier alpha value is -4.27. The molecule has 1 saturated carbocycles. The highest BCUT2D eigenvalue weighted by Crippen LogP contribution is 2.54. The Morgan fingerprint density at radius 1 is 1.05 bits per heavy atom. The van der Waals surface area contributed by atoms with Crippen molar-refractivity contribution in [2.75, 3.05) is 13.1 Å². The summed E-state index contributed by atoms with van der Waals surface area (Å²) in [5.41, 5.74) is -0.245. The van der Waals surface area contributed by atoms with Gasteiger partial charge in [-0.25, -0.2) is 4.39 Å². The molecule has 3 aromatic carbocycles. The van der Waals surface area contributed by atoms with Gasteiger partial charge in [-0.2, -0.15) is 0 Å². The number of piperidine rings is 1. The minimum atomic E-state index is -0.785. The molecule has 2 amide bonds. The van der Waals surface area contributed by atoms with Gasteiger partial charge in [0.1, 0.15) is 17.3 Å². The third kappa shape index (κ3) is 4.76. The number of hydrogen-bond acceptors (Lipinski definition) is 5. The number of hydrogen-bond donors (Lipinski definition) is 1. The number of carbonyl (C=O) groups is 2. The van der Waals surface area contributed by atoms with Gasteiger partial charge >= 0.3 is 0 Å². The van der Waals surface area contributed by atoms with Gasteiger partial charge in [-0.3, -0.25) is 19.7 Å². The smallest absolute Gasteiger partial charge is 0.273 e. The molecule has 1 N–H and O–H groups in total. The Morgan fingerprint density at radius 3 is 2.43 bits per heavy atom. The molecule has 1 aliphatic carbocycles. The first-order valence-corrected chi connectivity index (χ1v) is 12.1. The van der Waals surface area contributed by atoms with Crippen molar-refractivity contribution in [3.63, 3.8) is 0 Å². The number of para-hydroxylation sites is 2. The molecule has 37 heavy (non-hydrogen) atoms. The summed E-state index contributed by atoms with van der Waals surface area (Å²) < 4.78 is 20.3. The van der Waals surface area contributed by atoms with Crippen LogP contribution in [0.2, 0.25) is 0 Å². The lowest BCUT2D eigenvalue weighted by molar-refractivity contribution is -0.385. The molecule has 5 rings (SSSR count). The lowest BCUT2D eigenvalue weighted by Gasteiger charge is -2.33. The third-order valence-electron chi connectivity index (χ3n) is 7.44. The second-order valence-electron chi connectivity index (χ2n) is 9.62. The van der Waals surface area contributed by atoms with Crippen LogP contribution in [0.25, 0.3) is 0 Å². The maximum absolute atomic E-state index is 14.4. The van der Waals surface area contributed by atoms with E-state index >= 15 is 0 Å². The second kappa shape index (κ2) is 9.65. The summed E-state index contributed by atoms with van der Waals surface area (Å²) in [5, 5.41) is 14.1. The van der Waals surface area contributed by atoms with Crippen LogP contribution < -0.4 is 10.1 Å². The van der Waals surface area contributed by atoms with Crippen LogP contribution in [0, 0.1) is 28.3 Å². The highest BCUT2D eigenvalue weighted by molar-refractivity contribution is 5.98. The van der Waals surface area contributed by atoms with Gasteiger partial charge in [0.25, 0.3) is 17.5 Å². The van der Waals surface area contributed by atoms with Crippen molar-refractivity contribution < 1.29 is 23.6 Å². The SMILES string of the molecule is Cc1c([N+](=O)[O-])ccc(F)c1C(=O)NC1CC12CCN(C(=O)c1ccccc1Oc1ccccc1)CC2. The summed E-state index contributed by atoms with van der Waals surface area (Å²) in [4.78, 5) is 38.5. The van der Waals surface area contributed by atoms with E-state index in [9.17, 15) is 24.1 Å². The van der Waals surface area contributed by atoms with Crippen LogP contribution in [-0.4, -0.2) is 40.8 Å². The van der Waals surface area contributed by atoms with Crippen LogP contribution in [0.1, 0.15) is 45.5 Å². The van der Waals surface area contributed by atoms with Gasteiger partial charge in [0.05, 0.1) is 16.1 Å². The Bertz CT molecular complexity index is 1370. The number of amides is 2. The fraction of sp³-hybridized carbons (Fsp3) is 0.286. The van der Waals surface area contributed by atoms with Crippen molar-refractivity contribution in [3.05, 3.63) is 99.4 Å². The number of nitrogens with one attached hydrogen (secondary N) is 1. The lowest BCUT2D eigenvalue weighted by atomic mass is 9.92. The molecule has 9 heteroatoms. The normalized spacial score (nSPS) is 17.8. The fourth-order valence-corrected chi connectivity index (χ4v) is 5.15. The number of benzene rings is 3. The molecule has 1 aliphatic heterocycles. The molecule has 3 aromatic rings. The molecular weight excluding hydrogens is 477 g/mol. The van der Waals surface area contributed by atoms with E-state index in [0.29, 0.717) is 43.0 Å². The Balaban J connectivity index is 1.22. The summed E-state index contributed by atoms with van der Waals surface area (Å²) in [7, 11) is 0. The molecule has 1 unspecified atom stereocenters. The molecular formula is C28H26FN3O5. The first kappa shape index (κ1) is 24.4. The predicted molar refractivity (Wildman–Crippen MR) is 134 cm³/mol. The van der Waals surface area contributed by atoms with Crippen molar-refractivity contribution in [1.29, 1.82) is 0 Å². The minimum Gasteiger partial charge on any atom is -0.457 e. The zero-order valence-corrected chi connectivity index (χ0v) is 20.3. The van der Waals surface area contributed by atoms with Crippen molar-refractivity contribution in [2.24, 2.45) is 5.41 Å². The van der Waals surface area contributed by atoms with E-state index in [-0.39, 0.29) is 34.2 Å². The number of likely N-dealkylation sites (tertiary alicyclic amines) is 1. The van der Waals surface area contributed by atoms with E-state index in [4.69, 9.17) is 4.74 Å². The summed E-state index contributed by atoms with van der Waals surface area (Å²) in [6.07, 6.45) is 2.12. The summed E-state index contributed by atoms with van der Waals surface area (Å²) in [6, 6.07) is 18.3. The van der Waals surface area contributed by atoms with Gasteiger partial charge in [-0.15, -0.1) is 0 Å². The van der Waals surface area contributed by atoms with E-state index in [1.165, 1.54) is 6.92 Å². The van der Waals surface area contributed by atoms with E-state index in [1.807, 2.05) is 36.4 Å². The lowest BCUT2D eigenvalue weighted by Crippen LogP contribution is -2.42. The van der Waals surface area contributed by atoms with Crippen molar-refractivity contribution in [1.82, 2.24) is 10.2 Å². The predicted octanol–water partition coefficient (Wildman–Crippen LogP) is 5.26. The number of halogens is 1. The minimum absolute atomic E-state index is 0.00834. The van der Waals surface area contributed by atoms with Gasteiger partial charge in [0.15, 0.2) is 0 Å². The monoisotopic (exact) mass is 503 g/mol. The van der Waals surface area contributed by atoms with E-state index in [0.717, 1.165) is 18.6 Å². The number of nitro groups is 1. The largest absolute Gasteiger partial charge is 0.457 e. The molecule has 0 aromatic heterocycles. The fourth-order valence-electron chi connectivity index (χ4n) is 5.15. The molecule has 1 heterocycles.